The second kappa shape index (κ2) is 7.72. The molecule has 7 heteroatoms. The lowest BCUT2D eigenvalue weighted by molar-refractivity contribution is -0.119. The maximum atomic E-state index is 12.1. The van der Waals surface area contributed by atoms with Gasteiger partial charge in [-0.2, -0.15) is 0 Å². The Labute approximate surface area is 148 Å². The van der Waals surface area contributed by atoms with E-state index in [2.05, 4.69) is 15.3 Å². The lowest BCUT2D eigenvalue weighted by atomic mass is 10.3. The van der Waals surface area contributed by atoms with Crippen LogP contribution >= 0.6 is 23.1 Å². The summed E-state index contributed by atoms with van der Waals surface area (Å²) in [5.41, 5.74) is 1.78. The highest BCUT2D eigenvalue weighted by Gasteiger charge is 2.12. The molecule has 0 aliphatic carbocycles. The number of carbonyl (C=O) groups is 1. The summed E-state index contributed by atoms with van der Waals surface area (Å²) in [6.45, 7) is 4.57. The highest BCUT2D eigenvalue weighted by molar-refractivity contribution is 7.99. The Bertz CT molecular complexity index is 814. The van der Waals surface area contributed by atoms with Crippen LogP contribution in [0.25, 0.3) is 11.0 Å². The summed E-state index contributed by atoms with van der Waals surface area (Å²) >= 11 is 3.04. The van der Waals surface area contributed by atoms with Crippen LogP contribution in [0.5, 0.6) is 5.75 Å². The zero-order valence-electron chi connectivity index (χ0n) is 13.5. The van der Waals surface area contributed by atoms with Crippen molar-refractivity contribution in [3.8, 4) is 5.75 Å². The second-order valence-electron chi connectivity index (χ2n) is 5.25. The first-order valence-corrected chi connectivity index (χ1v) is 9.60. The molecule has 1 atom stereocenters. The molecule has 0 aliphatic rings. The van der Waals surface area contributed by atoms with E-state index < -0.39 is 0 Å². The van der Waals surface area contributed by atoms with Gasteiger partial charge in [0.05, 0.1) is 29.4 Å². The van der Waals surface area contributed by atoms with Crippen molar-refractivity contribution >= 4 is 40.0 Å². The third-order valence-corrected chi connectivity index (χ3v) is 5.36. The first-order chi connectivity index (χ1) is 11.7. The van der Waals surface area contributed by atoms with Crippen molar-refractivity contribution in [2.45, 2.75) is 25.0 Å². The highest BCUT2D eigenvalue weighted by atomic mass is 32.2. The summed E-state index contributed by atoms with van der Waals surface area (Å²) in [6.07, 6.45) is 0. The summed E-state index contributed by atoms with van der Waals surface area (Å²) in [5, 5.41) is 5.75. The number of nitrogens with one attached hydrogen (secondary N) is 2. The number of rotatable bonds is 7. The first-order valence-electron chi connectivity index (χ1n) is 7.74. The number of aromatic amines is 1. The predicted octanol–water partition coefficient (Wildman–Crippen LogP) is 3.99. The fourth-order valence-corrected chi connectivity index (χ4v) is 3.75. The average Bonchev–Trinajstić information content (AvgIpc) is 3.22. The van der Waals surface area contributed by atoms with Gasteiger partial charge in [0.2, 0.25) is 5.91 Å². The molecule has 3 aromatic rings. The predicted molar refractivity (Wildman–Crippen MR) is 98.9 cm³/mol. The molecule has 1 aromatic carbocycles. The minimum atomic E-state index is -0.00337. The van der Waals surface area contributed by atoms with E-state index in [1.165, 1.54) is 11.8 Å². The van der Waals surface area contributed by atoms with Gasteiger partial charge in [0, 0.05) is 10.9 Å². The van der Waals surface area contributed by atoms with E-state index in [1.807, 2.05) is 49.6 Å². The van der Waals surface area contributed by atoms with Crippen molar-refractivity contribution in [3.05, 3.63) is 40.6 Å². The normalized spacial score (nSPS) is 12.2. The fraction of sp³-hybridized carbons (Fsp3) is 0.294. The Balaban J connectivity index is 1.57. The van der Waals surface area contributed by atoms with Crippen molar-refractivity contribution in [2.24, 2.45) is 0 Å². The van der Waals surface area contributed by atoms with Crippen molar-refractivity contribution in [1.29, 1.82) is 0 Å². The lowest BCUT2D eigenvalue weighted by Gasteiger charge is -2.11. The van der Waals surface area contributed by atoms with Crippen LogP contribution in [-0.2, 0) is 4.79 Å². The number of H-pyrrole nitrogens is 1. The molecule has 1 unspecified atom stereocenters. The Morgan fingerprint density at radius 3 is 3.08 bits per heavy atom. The third kappa shape index (κ3) is 4.10. The Morgan fingerprint density at radius 1 is 1.46 bits per heavy atom. The number of thioether (sulfide) groups is 1. The van der Waals surface area contributed by atoms with Gasteiger partial charge in [0.25, 0.3) is 0 Å². The molecule has 2 N–H and O–H groups in total. The molecule has 0 fully saturated rings. The van der Waals surface area contributed by atoms with E-state index in [1.54, 1.807) is 11.3 Å². The number of hydrogen-bond donors (Lipinski definition) is 2. The van der Waals surface area contributed by atoms with Gasteiger partial charge < -0.3 is 15.0 Å². The number of thiophene rings is 1. The average molecular weight is 361 g/mol. The van der Waals surface area contributed by atoms with Crippen molar-refractivity contribution in [3.63, 3.8) is 0 Å². The summed E-state index contributed by atoms with van der Waals surface area (Å²) in [7, 11) is 0. The molecule has 24 heavy (non-hydrogen) atoms. The molecular formula is C17H19N3O2S2. The molecule has 2 heterocycles. The van der Waals surface area contributed by atoms with Gasteiger partial charge in [0.1, 0.15) is 5.75 Å². The number of carbonyl (C=O) groups excluding carboxylic acids is 1. The number of aromatic nitrogens is 2. The molecule has 0 radical (unpaired) electrons. The third-order valence-electron chi connectivity index (χ3n) is 3.43. The molecule has 0 saturated heterocycles. The summed E-state index contributed by atoms with van der Waals surface area (Å²) in [5.74, 6) is 1.14. The van der Waals surface area contributed by atoms with Crippen LogP contribution in [0.1, 0.15) is 24.8 Å². The van der Waals surface area contributed by atoms with Crippen LogP contribution in [0.15, 0.2) is 40.9 Å². The second-order valence-corrected chi connectivity index (χ2v) is 7.19. The van der Waals surface area contributed by atoms with E-state index >= 15 is 0 Å². The largest absolute Gasteiger partial charge is 0.494 e. The number of amides is 1. The van der Waals surface area contributed by atoms with Crippen molar-refractivity contribution < 1.29 is 9.53 Å². The molecule has 126 valence electrons. The minimum Gasteiger partial charge on any atom is -0.494 e. The molecule has 0 bridgehead atoms. The van der Waals surface area contributed by atoms with Gasteiger partial charge >= 0.3 is 0 Å². The maximum Gasteiger partial charge on any atom is 0.230 e. The molecule has 0 saturated carbocycles. The SMILES string of the molecule is CCOc1ccc2nc(SCC(=O)NC(C)c3cccs3)[nH]c2c1. The number of imidazole rings is 1. The van der Waals surface area contributed by atoms with Crippen LogP contribution in [-0.4, -0.2) is 28.2 Å². The van der Waals surface area contributed by atoms with Crippen molar-refractivity contribution in [1.82, 2.24) is 15.3 Å². The number of nitrogens with zero attached hydrogens (tertiary/aromatic N) is 1. The molecule has 2 aromatic heterocycles. The Hall–Kier alpha value is -1.99. The zero-order chi connectivity index (χ0) is 16.9. The van der Waals surface area contributed by atoms with E-state index in [0.29, 0.717) is 12.4 Å². The van der Waals surface area contributed by atoms with Gasteiger partial charge in [-0.3, -0.25) is 4.79 Å². The van der Waals surface area contributed by atoms with Gasteiger partial charge in [0.15, 0.2) is 5.16 Å². The van der Waals surface area contributed by atoms with E-state index in [0.717, 1.165) is 26.8 Å². The zero-order valence-corrected chi connectivity index (χ0v) is 15.2. The topological polar surface area (TPSA) is 67.0 Å². The highest BCUT2D eigenvalue weighted by Crippen LogP contribution is 2.24. The Morgan fingerprint density at radius 2 is 2.33 bits per heavy atom. The Kier molecular flexibility index (Phi) is 5.42. The molecule has 3 rings (SSSR count). The summed E-state index contributed by atoms with van der Waals surface area (Å²) in [6, 6.07) is 9.79. The smallest absolute Gasteiger partial charge is 0.230 e. The lowest BCUT2D eigenvalue weighted by Crippen LogP contribution is -2.27. The summed E-state index contributed by atoms with van der Waals surface area (Å²) in [4.78, 5) is 21.0. The van der Waals surface area contributed by atoms with Crippen LogP contribution in [0, 0.1) is 0 Å². The summed E-state index contributed by atoms with van der Waals surface area (Å²) < 4.78 is 5.48. The molecule has 0 aliphatic heterocycles. The van der Waals surface area contributed by atoms with E-state index in [9.17, 15) is 4.79 Å². The number of benzene rings is 1. The van der Waals surface area contributed by atoms with Crippen LogP contribution in [0.4, 0.5) is 0 Å². The first kappa shape index (κ1) is 16.9. The number of hydrogen-bond acceptors (Lipinski definition) is 5. The van der Waals surface area contributed by atoms with Crippen LogP contribution in [0.2, 0.25) is 0 Å². The molecule has 5 nitrogen and oxygen atoms in total. The van der Waals surface area contributed by atoms with Crippen molar-refractivity contribution in [2.75, 3.05) is 12.4 Å². The van der Waals surface area contributed by atoms with Gasteiger partial charge in [-0.15, -0.1) is 11.3 Å². The molecule has 0 spiro atoms. The standard InChI is InChI=1S/C17H19N3O2S2/c1-3-22-12-6-7-13-14(9-12)20-17(19-13)24-10-16(21)18-11(2)15-5-4-8-23-15/h4-9,11H,3,10H2,1-2H3,(H,18,21)(H,19,20). The van der Waals surface area contributed by atoms with Gasteiger partial charge in [-0.25, -0.2) is 4.98 Å². The van der Waals surface area contributed by atoms with Gasteiger partial charge in [-0.05, 0) is 37.4 Å². The molecular weight excluding hydrogens is 342 g/mol. The van der Waals surface area contributed by atoms with E-state index in [-0.39, 0.29) is 11.9 Å². The quantitative estimate of drug-likeness (QED) is 0.624. The monoisotopic (exact) mass is 361 g/mol. The van der Waals surface area contributed by atoms with Crippen LogP contribution in [0.3, 0.4) is 0 Å². The fourth-order valence-electron chi connectivity index (χ4n) is 2.32. The number of ether oxygens (including phenoxy) is 1. The number of fused-ring (bicyclic) bond motifs is 1. The minimum absolute atomic E-state index is 0.00337. The van der Waals surface area contributed by atoms with Gasteiger partial charge in [-0.1, -0.05) is 17.8 Å². The van der Waals surface area contributed by atoms with E-state index in [4.69, 9.17) is 4.74 Å². The molecule has 1 amide bonds. The van der Waals surface area contributed by atoms with Crippen LogP contribution < -0.4 is 10.1 Å². The maximum absolute atomic E-state index is 12.1.